The van der Waals surface area contributed by atoms with Gasteiger partial charge in [-0.3, -0.25) is 4.79 Å². The van der Waals surface area contributed by atoms with Crippen molar-refractivity contribution in [1.29, 1.82) is 0 Å². The molecule has 7 nitrogen and oxygen atoms in total. The molecule has 1 amide bonds. The van der Waals surface area contributed by atoms with E-state index in [4.69, 9.17) is 9.63 Å². The highest BCUT2D eigenvalue weighted by Gasteiger charge is 2.12. The van der Waals surface area contributed by atoms with E-state index in [9.17, 15) is 9.59 Å². The fourth-order valence-corrected chi connectivity index (χ4v) is 1.48. The number of hydrogen-bond acceptors (Lipinski definition) is 5. The molecule has 0 bridgehead atoms. The van der Waals surface area contributed by atoms with E-state index in [1.165, 1.54) is 6.07 Å². The molecule has 0 saturated carbocycles. The molecule has 2 N–H and O–H groups in total. The molecule has 0 aliphatic rings. The SMILES string of the molecule is CCN(CC)C(=O)CNCc1cc(C(=O)O)no1. The van der Waals surface area contributed by atoms with Crippen LogP contribution in [0.5, 0.6) is 0 Å². The minimum absolute atomic E-state index is 0.00188. The van der Waals surface area contributed by atoms with Crippen LogP contribution < -0.4 is 5.32 Å². The average Bonchev–Trinajstić information content (AvgIpc) is 2.79. The Morgan fingerprint density at radius 1 is 1.44 bits per heavy atom. The number of aromatic carboxylic acids is 1. The van der Waals surface area contributed by atoms with Gasteiger partial charge in [0.05, 0.1) is 13.1 Å². The predicted octanol–water partition coefficient (Wildman–Crippen LogP) is 0.331. The zero-order chi connectivity index (χ0) is 13.5. The Bertz CT molecular complexity index is 412. The number of nitrogens with zero attached hydrogens (tertiary/aromatic N) is 2. The maximum atomic E-state index is 11.6. The van der Waals surface area contributed by atoms with Crippen molar-refractivity contribution >= 4 is 11.9 Å². The van der Waals surface area contributed by atoms with E-state index >= 15 is 0 Å². The number of carboxylic acids is 1. The number of hydrogen-bond donors (Lipinski definition) is 2. The van der Waals surface area contributed by atoms with Crippen molar-refractivity contribution in [3.05, 3.63) is 17.5 Å². The molecule has 18 heavy (non-hydrogen) atoms. The molecule has 1 aromatic heterocycles. The first-order valence-corrected chi connectivity index (χ1v) is 5.75. The molecular formula is C11H17N3O4. The van der Waals surface area contributed by atoms with Crippen LogP contribution >= 0.6 is 0 Å². The van der Waals surface area contributed by atoms with Gasteiger partial charge in [-0.25, -0.2) is 4.79 Å². The van der Waals surface area contributed by atoms with Gasteiger partial charge in [-0.1, -0.05) is 5.16 Å². The van der Waals surface area contributed by atoms with E-state index in [-0.39, 0.29) is 24.7 Å². The van der Waals surface area contributed by atoms with Crippen LogP contribution in [0.25, 0.3) is 0 Å². The third-order valence-electron chi connectivity index (χ3n) is 2.47. The molecule has 0 unspecified atom stereocenters. The first-order valence-electron chi connectivity index (χ1n) is 5.75. The number of aromatic nitrogens is 1. The lowest BCUT2D eigenvalue weighted by molar-refractivity contribution is -0.129. The third kappa shape index (κ3) is 3.85. The van der Waals surface area contributed by atoms with Gasteiger partial charge >= 0.3 is 5.97 Å². The fourth-order valence-electron chi connectivity index (χ4n) is 1.48. The van der Waals surface area contributed by atoms with Crippen molar-refractivity contribution in [2.75, 3.05) is 19.6 Å². The lowest BCUT2D eigenvalue weighted by atomic mass is 10.3. The van der Waals surface area contributed by atoms with Crippen LogP contribution in [0.15, 0.2) is 10.6 Å². The maximum Gasteiger partial charge on any atom is 0.358 e. The van der Waals surface area contributed by atoms with Gasteiger partial charge in [-0.15, -0.1) is 0 Å². The Labute approximate surface area is 105 Å². The van der Waals surface area contributed by atoms with Gasteiger partial charge in [0.2, 0.25) is 5.91 Å². The Kier molecular flexibility index (Phi) is 5.31. The summed E-state index contributed by atoms with van der Waals surface area (Å²) in [7, 11) is 0. The van der Waals surface area contributed by atoms with Gasteiger partial charge in [0.25, 0.3) is 0 Å². The van der Waals surface area contributed by atoms with Crippen molar-refractivity contribution < 1.29 is 19.2 Å². The van der Waals surface area contributed by atoms with Gasteiger partial charge in [-0.05, 0) is 13.8 Å². The van der Waals surface area contributed by atoms with Crippen LogP contribution in [-0.4, -0.2) is 46.7 Å². The summed E-state index contributed by atoms with van der Waals surface area (Å²) in [5.41, 5.74) is -0.137. The number of carboxylic acid groups (broad SMARTS) is 1. The minimum Gasteiger partial charge on any atom is -0.476 e. The van der Waals surface area contributed by atoms with Crippen LogP contribution in [0.1, 0.15) is 30.1 Å². The van der Waals surface area contributed by atoms with Crippen LogP contribution in [-0.2, 0) is 11.3 Å². The van der Waals surface area contributed by atoms with Gasteiger partial charge in [0.1, 0.15) is 0 Å². The smallest absolute Gasteiger partial charge is 0.358 e. The van der Waals surface area contributed by atoms with Gasteiger partial charge < -0.3 is 19.8 Å². The molecule has 0 radical (unpaired) electrons. The standard InChI is InChI=1S/C11H17N3O4/c1-3-14(4-2)10(15)7-12-6-8-5-9(11(16)17)13-18-8/h5,12H,3-4,6-7H2,1-2H3,(H,16,17). The Morgan fingerprint density at radius 3 is 2.61 bits per heavy atom. The number of carbonyl (C=O) groups excluding carboxylic acids is 1. The molecule has 7 heteroatoms. The Balaban J connectivity index is 2.37. The number of rotatable bonds is 7. The first-order chi connectivity index (χ1) is 8.58. The summed E-state index contributed by atoms with van der Waals surface area (Å²) in [4.78, 5) is 23.9. The van der Waals surface area contributed by atoms with Crippen molar-refractivity contribution in [2.24, 2.45) is 0 Å². The predicted molar refractivity (Wildman–Crippen MR) is 63.1 cm³/mol. The van der Waals surface area contributed by atoms with E-state index < -0.39 is 5.97 Å². The van der Waals surface area contributed by atoms with Crippen molar-refractivity contribution in [3.63, 3.8) is 0 Å². The van der Waals surface area contributed by atoms with Gasteiger partial charge in [0.15, 0.2) is 11.5 Å². The molecule has 0 aromatic carbocycles. The summed E-state index contributed by atoms with van der Waals surface area (Å²) in [5.74, 6) is -0.748. The average molecular weight is 255 g/mol. The van der Waals surface area contributed by atoms with Crippen molar-refractivity contribution in [2.45, 2.75) is 20.4 Å². The van der Waals surface area contributed by atoms with E-state index in [0.29, 0.717) is 18.8 Å². The number of amides is 1. The second kappa shape index (κ2) is 6.75. The number of carbonyl (C=O) groups is 2. The lowest BCUT2D eigenvalue weighted by Gasteiger charge is -2.18. The van der Waals surface area contributed by atoms with Crippen LogP contribution in [0.4, 0.5) is 0 Å². The monoisotopic (exact) mass is 255 g/mol. The molecule has 0 atom stereocenters. The highest BCUT2D eigenvalue weighted by molar-refractivity contribution is 5.85. The molecule has 1 heterocycles. The Hall–Kier alpha value is -1.89. The molecule has 0 fully saturated rings. The van der Waals surface area contributed by atoms with E-state index in [0.717, 1.165) is 0 Å². The molecule has 1 rings (SSSR count). The quantitative estimate of drug-likeness (QED) is 0.729. The zero-order valence-corrected chi connectivity index (χ0v) is 10.5. The van der Waals surface area contributed by atoms with Crippen molar-refractivity contribution in [3.8, 4) is 0 Å². The topological polar surface area (TPSA) is 95.7 Å². The second-order valence-electron chi connectivity index (χ2n) is 3.65. The molecule has 100 valence electrons. The van der Waals surface area contributed by atoms with Crippen molar-refractivity contribution in [1.82, 2.24) is 15.4 Å². The number of likely N-dealkylation sites (N-methyl/N-ethyl adjacent to an activating group) is 1. The van der Waals surface area contributed by atoms with E-state index in [1.54, 1.807) is 4.90 Å². The van der Waals surface area contributed by atoms with Crippen LogP contribution in [0.2, 0.25) is 0 Å². The largest absolute Gasteiger partial charge is 0.476 e. The maximum absolute atomic E-state index is 11.6. The summed E-state index contributed by atoms with van der Waals surface area (Å²) < 4.78 is 4.80. The molecule has 0 aliphatic carbocycles. The summed E-state index contributed by atoms with van der Waals surface area (Å²) in [5, 5.41) is 14.9. The minimum atomic E-state index is -1.13. The summed E-state index contributed by atoms with van der Waals surface area (Å²) in [6.07, 6.45) is 0. The third-order valence-corrected chi connectivity index (χ3v) is 2.47. The zero-order valence-electron chi connectivity index (χ0n) is 10.5. The fraction of sp³-hybridized carbons (Fsp3) is 0.545. The summed E-state index contributed by atoms with van der Waals surface area (Å²) in [6.45, 7) is 5.62. The normalized spacial score (nSPS) is 10.3. The first kappa shape index (κ1) is 14.2. The molecule has 0 spiro atoms. The Morgan fingerprint density at radius 2 is 2.11 bits per heavy atom. The highest BCUT2D eigenvalue weighted by atomic mass is 16.5. The van der Waals surface area contributed by atoms with Crippen LogP contribution in [0, 0.1) is 0 Å². The molecule has 0 aliphatic heterocycles. The van der Waals surface area contributed by atoms with E-state index in [1.807, 2.05) is 13.8 Å². The lowest BCUT2D eigenvalue weighted by Crippen LogP contribution is -2.37. The van der Waals surface area contributed by atoms with Crippen LogP contribution in [0.3, 0.4) is 0 Å². The van der Waals surface area contributed by atoms with Gasteiger partial charge in [-0.2, -0.15) is 0 Å². The van der Waals surface area contributed by atoms with Gasteiger partial charge in [0, 0.05) is 19.2 Å². The molecule has 1 aromatic rings. The van der Waals surface area contributed by atoms with E-state index in [2.05, 4.69) is 10.5 Å². The number of nitrogens with one attached hydrogen (secondary N) is 1. The molecular weight excluding hydrogens is 238 g/mol. The summed E-state index contributed by atoms with van der Waals surface area (Å²) in [6, 6.07) is 1.33. The highest BCUT2D eigenvalue weighted by Crippen LogP contribution is 2.02. The molecule has 0 saturated heterocycles. The second-order valence-corrected chi connectivity index (χ2v) is 3.65. The summed E-state index contributed by atoms with van der Waals surface area (Å²) >= 11 is 0.